The number of rotatable bonds is 4. The molecule has 1 saturated carbocycles. The van der Waals surface area contributed by atoms with Crippen molar-refractivity contribution in [2.45, 2.75) is 49.7 Å². The van der Waals surface area contributed by atoms with Crippen molar-refractivity contribution in [2.75, 3.05) is 39.9 Å². The van der Waals surface area contributed by atoms with Crippen LogP contribution < -0.4 is 5.73 Å². The molecule has 1 atom stereocenters. The maximum Gasteiger partial charge on any atom is 0.0480 e. The van der Waals surface area contributed by atoms with Gasteiger partial charge in [-0.15, -0.1) is 0 Å². The first-order valence-corrected chi connectivity index (χ1v) is 7.50. The summed E-state index contributed by atoms with van der Waals surface area (Å²) in [5.74, 6) is 0. The highest BCUT2D eigenvalue weighted by Crippen LogP contribution is 2.36. The Balaban J connectivity index is 1.66. The normalized spacial score (nSPS) is 35.5. The average Bonchev–Trinajstić information content (AvgIpc) is 3.19. The minimum Gasteiger partial charge on any atom is -0.381 e. The summed E-state index contributed by atoms with van der Waals surface area (Å²) in [6.45, 7) is 5.06. The SMILES string of the molecule is CN(C1CCOCC1)C1(CN)CCN(C2CC2)C1. The Kier molecular flexibility index (Phi) is 3.63. The summed E-state index contributed by atoms with van der Waals surface area (Å²) in [7, 11) is 2.29. The van der Waals surface area contributed by atoms with E-state index in [-0.39, 0.29) is 5.54 Å². The van der Waals surface area contributed by atoms with Crippen LogP contribution in [0.1, 0.15) is 32.1 Å². The van der Waals surface area contributed by atoms with Crippen LogP contribution in [0.5, 0.6) is 0 Å². The van der Waals surface area contributed by atoms with Crippen LogP contribution in [-0.4, -0.2) is 67.3 Å². The van der Waals surface area contributed by atoms with E-state index in [4.69, 9.17) is 10.5 Å². The van der Waals surface area contributed by atoms with Gasteiger partial charge in [-0.05, 0) is 39.2 Å². The van der Waals surface area contributed by atoms with Gasteiger partial charge >= 0.3 is 0 Å². The lowest BCUT2D eigenvalue weighted by Crippen LogP contribution is -2.58. The summed E-state index contributed by atoms with van der Waals surface area (Å²) >= 11 is 0. The molecule has 0 aromatic rings. The fourth-order valence-corrected chi connectivity index (χ4v) is 3.70. The molecule has 2 saturated heterocycles. The van der Waals surface area contributed by atoms with E-state index >= 15 is 0 Å². The van der Waals surface area contributed by atoms with E-state index in [9.17, 15) is 0 Å². The second kappa shape index (κ2) is 5.08. The van der Waals surface area contributed by atoms with Gasteiger partial charge in [0.25, 0.3) is 0 Å². The highest BCUT2D eigenvalue weighted by Gasteiger charge is 2.46. The quantitative estimate of drug-likeness (QED) is 0.799. The summed E-state index contributed by atoms with van der Waals surface area (Å²) in [6.07, 6.45) is 6.39. The van der Waals surface area contributed by atoms with E-state index in [0.717, 1.165) is 25.8 Å². The Hall–Kier alpha value is -0.160. The van der Waals surface area contributed by atoms with Crippen molar-refractivity contribution in [3.05, 3.63) is 0 Å². The standard InChI is InChI=1S/C14H27N3O/c1-16(12-4-8-18-9-5-12)14(10-15)6-7-17(11-14)13-2-3-13/h12-13H,2-11,15H2,1H3. The number of hydrogen-bond donors (Lipinski definition) is 1. The van der Waals surface area contributed by atoms with E-state index < -0.39 is 0 Å². The molecular weight excluding hydrogens is 226 g/mol. The van der Waals surface area contributed by atoms with Crippen molar-refractivity contribution >= 4 is 0 Å². The van der Waals surface area contributed by atoms with Gasteiger partial charge in [0.15, 0.2) is 0 Å². The molecule has 3 rings (SSSR count). The van der Waals surface area contributed by atoms with Gasteiger partial charge in [0, 0.05) is 50.5 Å². The molecule has 0 aromatic carbocycles. The van der Waals surface area contributed by atoms with Crippen molar-refractivity contribution in [3.63, 3.8) is 0 Å². The first-order valence-electron chi connectivity index (χ1n) is 7.50. The van der Waals surface area contributed by atoms with Gasteiger partial charge in [-0.25, -0.2) is 0 Å². The Morgan fingerprint density at radius 1 is 1.28 bits per heavy atom. The molecule has 104 valence electrons. The molecule has 2 heterocycles. The molecule has 1 aliphatic carbocycles. The zero-order valence-corrected chi connectivity index (χ0v) is 11.6. The Labute approximate surface area is 110 Å². The summed E-state index contributed by atoms with van der Waals surface area (Å²) in [5, 5.41) is 0. The third-order valence-electron chi connectivity index (χ3n) is 5.29. The maximum absolute atomic E-state index is 6.16. The summed E-state index contributed by atoms with van der Waals surface area (Å²) in [5.41, 5.74) is 6.39. The Morgan fingerprint density at radius 2 is 2.00 bits per heavy atom. The third kappa shape index (κ3) is 2.31. The van der Waals surface area contributed by atoms with Gasteiger partial charge in [-0.1, -0.05) is 0 Å². The summed E-state index contributed by atoms with van der Waals surface area (Å²) in [4.78, 5) is 5.26. The molecule has 1 unspecified atom stereocenters. The average molecular weight is 253 g/mol. The summed E-state index contributed by atoms with van der Waals surface area (Å²) in [6, 6.07) is 1.54. The molecule has 0 radical (unpaired) electrons. The number of likely N-dealkylation sites (tertiary alicyclic amines) is 1. The van der Waals surface area contributed by atoms with Crippen molar-refractivity contribution in [3.8, 4) is 0 Å². The van der Waals surface area contributed by atoms with E-state index in [1.807, 2.05) is 0 Å². The number of hydrogen-bond acceptors (Lipinski definition) is 4. The molecule has 4 heteroatoms. The van der Waals surface area contributed by atoms with Crippen molar-refractivity contribution in [2.24, 2.45) is 5.73 Å². The monoisotopic (exact) mass is 253 g/mol. The van der Waals surface area contributed by atoms with Crippen LogP contribution in [-0.2, 0) is 4.74 Å². The third-order valence-corrected chi connectivity index (χ3v) is 5.29. The van der Waals surface area contributed by atoms with Crippen molar-refractivity contribution in [1.82, 2.24) is 9.80 Å². The zero-order valence-electron chi connectivity index (χ0n) is 11.6. The fraction of sp³-hybridized carbons (Fsp3) is 1.00. The Morgan fingerprint density at radius 3 is 2.61 bits per heavy atom. The lowest BCUT2D eigenvalue weighted by Gasteiger charge is -2.44. The molecule has 2 N–H and O–H groups in total. The van der Waals surface area contributed by atoms with E-state index in [0.29, 0.717) is 6.04 Å². The molecule has 0 aromatic heterocycles. The molecule has 4 nitrogen and oxygen atoms in total. The molecule has 2 aliphatic heterocycles. The van der Waals surface area contributed by atoms with Gasteiger partial charge in [0.2, 0.25) is 0 Å². The molecule has 0 bridgehead atoms. The van der Waals surface area contributed by atoms with Crippen LogP contribution in [0.3, 0.4) is 0 Å². The predicted molar refractivity (Wildman–Crippen MR) is 72.6 cm³/mol. The van der Waals surface area contributed by atoms with E-state index in [1.165, 1.54) is 45.2 Å². The van der Waals surface area contributed by atoms with E-state index in [2.05, 4.69) is 16.8 Å². The van der Waals surface area contributed by atoms with Gasteiger partial charge in [0.05, 0.1) is 0 Å². The van der Waals surface area contributed by atoms with Crippen LogP contribution in [0.15, 0.2) is 0 Å². The number of nitrogens with zero attached hydrogens (tertiary/aromatic N) is 2. The van der Waals surface area contributed by atoms with Crippen molar-refractivity contribution < 1.29 is 4.74 Å². The van der Waals surface area contributed by atoms with Gasteiger partial charge in [0.1, 0.15) is 0 Å². The summed E-state index contributed by atoms with van der Waals surface area (Å²) < 4.78 is 5.48. The van der Waals surface area contributed by atoms with Crippen LogP contribution in [0.25, 0.3) is 0 Å². The minimum atomic E-state index is 0.227. The lowest BCUT2D eigenvalue weighted by atomic mass is 9.92. The van der Waals surface area contributed by atoms with Gasteiger partial charge < -0.3 is 10.5 Å². The zero-order chi connectivity index (χ0) is 12.6. The predicted octanol–water partition coefficient (Wildman–Crippen LogP) is 0.663. The number of ether oxygens (including phenoxy) is 1. The number of nitrogens with two attached hydrogens (primary N) is 1. The van der Waals surface area contributed by atoms with Crippen LogP contribution in [0.2, 0.25) is 0 Å². The minimum absolute atomic E-state index is 0.227. The Bertz CT molecular complexity index is 289. The largest absolute Gasteiger partial charge is 0.381 e. The fourth-order valence-electron chi connectivity index (χ4n) is 3.70. The second-order valence-electron chi connectivity index (χ2n) is 6.33. The number of likely N-dealkylation sites (N-methyl/N-ethyl adjacent to an activating group) is 1. The molecule has 3 aliphatic rings. The molecule has 18 heavy (non-hydrogen) atoms. The molecule has 0 amide bonds. The van der Waals surface area contributed by atoms with Crippen LogP contribution in [0.4, 0.5) is 0 Å². The molecule has 0 spiro atoms. The first kappa shape index (κ1) is 12.9. The van der Waals surface area contributed by atoms with Crippen molar-refractivity contribution in [1.29, 1.82) is 0 Å². The molecule has 3 fully saturated rings. The van der Waals surface area contributed by atoms with Crippen LogP contribution >= 0.6 is 0 Å². The maximum atomic E-state index is 6.16. The molecular formula is C14H27N3O. The first-order chi connectivity index (χ1) is 8.75. The van der Waals surface area contributed by atoms with Gasteiger partial charge in [-0.3, -0.25) is 9.80 Å². The van der Waals surface area contributed by atoms with Gasteiger partial charge in [-0.2, -0.15) is 0 Å². The second-order valence-corrected chi connectivity index (χ2v) is 6.33. The van der Waals surface area contributed by atoms with Crippen LogP contribution in [0, 0.1) is 0 Å². The highest BCUT2D eigenvalue weighted by molar-refractivity contribution is 5.04. The smallest absolute Gasteiger partial charge is 0.0480 e. The lowest BCUT2D eigenvalue weighted by molar-refractivity contribution is 0.000841. The highest BCUT2D eigenvalue weighted by atomic mass is 16.5. The topological polar surface area (TPSA) is 41.7 Å². The van der Waals surface area contributed by atoms with E-state index in [1.54, 1.807) is 0 Å².